The lowest BCUT2D eigenvalue weighted by atomic mass is 10.1. The summed E-state index contributed by atoms with van der Waals surface area (Å²) in [5, 5.41) is 12.8. The van der Waals surface area contributed by atoms with Crippen LogP contribution in [0, 0.1) is 0 Å². The molecule has 1 unspecified atom stereocenters. The zero-order valence-electron chi connectivity index (χ0n) is 17.0. The van der Waals surface area contributed by atoms with Crippen molar-refractivity contribution in [1.82, 2.24) is 15.2 Å². The highest BCUT2D eigenvalue weighted by atomic mass is 32.2. The number of unbranched alkanes of at least 4 members (excludes halogenated alkanes) is 1. The number of nitrogens with one attached hydrogen (secondary N) is 1. The van der Waals surface area contributed by atoms with Gasteiger partial charge in [0.2, 0.25) is 11.0 Å². The Morgan fingerprint density at radius 3 is 2.77 bits per heavy atom. The normalized spacial score (nSPS) is 14.9. The van der Waals surface area contributed by atoms with Crippen LogP contribution in [0.3, 0.4) is 0 Å². The van der Waals surface area contributed by atoms with Crippen molar-refractivity contribution < 1.29 is 9.47 Å². The highest BCUT2D eigenvalue weighted by Gasteiger charge is 2.23. The summed E-state index contributed by atoms with van der Waals surface area (Å²) < 4.78 is 11.4. The topological polar surface area (TPSA) is 69.2 Å². The number of hydrogen-bond donors (Lipinski definition) is 1. The van der Waals surface area contributed by atoms with E-state index in [4.69, 9.17) is 9.47 Å². The minimum Gasteiger partial charge on any atom is -0.497 e. The summed E-state index contributed by atoms with van der Waals surface area (Å²) in [6.45, 7) is 2.17. The van der Waals surface area contributed by atoms with Gasteiger partial charge in [-0.15, -0.1) is 10.2 Å². The monoisotopic (exact) mass is 420 g/mol. The molecule has 3 aromatic rings. The van der Waals surface area contributed by atoms with Crippen LogP contribution in [-0.4, -0.2) is 34.3 Å². The van der Waals surface area contributed by atoms with Crippen molar-refractivity contribution >= 4 is 23.5 Å². The van der Waals surface area contributed by atoms with Gasteiger partial charge < -0.3 is 14.8 Å². The summed E-state index contributed by atoms with van der Waals surface area (Å²) in [6, 6.07) is 15.8. The average Bonchev–Trinajstić information content (AvgIpc) is 2.94. The number of anilines is 1. The van der Waals surface area contributed by atoms with Gasteiger partial charge in [-0.1, -0.05) is 61.5 Å². The molecule has 2 aromatic carbocycles. The minimum absolute atomic E-state index is 0.389. The first-order chi connectivity index (χ1) is 14.8. The lowest BCUT2D eigenvalue weighted by Crippen LogP contribution is -2.23. The quantitative estimate of drug-likeness (QED) is 0.412. The molecule has 1 N–H and O–H groups in total. The maximum absolute atomic E-state index is 6.20. The fraction of sp³-hybridized carbons (Fsp3) is 0.261. The first kappa shape index (κ1) is 20.2. The second kappa shape index (κ2) is 9.63. The molecule has 1 aliphatic rings. The Bertz CT molecular complexity index is 1020. The van der Waals surface area contributed by atoms with Gasteiger partial charge in [0.15, 0.2) is 11.9 Å². The van der Waals surface area contributed by atoms with E-state index in [2.05, 4.69) is 27.4 Å². The van der Waals surface area contributed by atoms with E-state index in [1.807, 2.05) is 60.7 Å². The molecule has 0 saturated heterocycles. The van der Waals surface area contributed by atoms with Crippen molar-refractivity contribution in [2.75, 3.05) is 18.2 Å². The molecule has 1 aromatic heterocycles. The van der Waals surface area contributed by atoms with E-state index >= 15 is 0 Å². The molecule has 6 nitrogen and oxygen atoms in total. The Kier molecular flexibility index (Phi) is 6.49. The Labute approximate surface area is 180 Å². The molecule has 4 rings (SSSR count). The summed E-state index contributed by atoms with van der Waals surface area (Å²) >= 11 is 1.61. The number of ether oxygens (including phenoxy) is 2. The SMILES string of the molecule is CCCCSc1nnc2c(n1)OC(C=Cc1ccc(OC)cc1)Nc1ccccc1-2. The molecule has 0 radical (unpaired) electrons. The van der Waals surface area contributed by atoms with Crippen LogP contribution >= 0.6 is 11.8 Å². The van der Waals surface area contributed by atoms with E-state index in [1.165, 1.54) is 0 Å². The zero-order valence-corrected chi connectivity index (χ0v) is 17.9. The molecule has 0 saturated carbocycles. The van der Waals surface area contributed by atoms with E-state index in [-0.39, 0.29) is 6.23 Å². The van der Waals surface area contributed by atoms with Crippen LogP contribution < -0.4 is 14.8 Å². The second-order valence-corrected chi connectivity index (χ2v) is 7.87. The van der Waals surface area contributed by atoms with Gasteiger partial charge in [0, 0.05) is 17.0 Å². The van der Waals surface area contributed by atoms with E-state index in [0.717, 1.165) is 41.2 Å². The molecule has 0 spiro atoms. The largest absolute Gasteiger partial charge is 0.497 e. The predicted molar refractivity (Wildman–Crippen MR) is 121 cm³/mol. The van der Waals surface area contributed by atoms with Gasteiger partial charge in [0.25, 0.3) is 0 Å². The van der Waals surface area contributed by atoms with Gasteiger partial charge in [-0.3, -0.25) is 0 Å². The van der Waals surface area contributed by atoms with E-state index in [9.17, 15) is 0 Å². The van der Waals surface area contributed by atoms with Gasteiger partial charge >= 0.3 is 0 Å². The number of para-hydroxylation sites is 1. The van der Waals surface area contributed by atoms with E-state index in [0.29, 0.717) is 16.7 Å². The number of aromatic nitrogens is 3. The van der Waals surface area contributed by atoms with Crippen molar-refractivity contribution in [3.05, 3.63) is 60.2 Å². The van der Waals surface area contributed by atoms with E-state index < -0.39 is 0 Å². The molecule has 30 heavy (non-hydrogen) atoms. The van der Waals surface area contributed by atoms with Crippen LogP contribution in [0.25, 0.3) is 17.3 Å². The number of methoxy groups -OCH3 is 1. The summed E-state index contributed by atoms with van der Waals surface area (Å²) in [5.74, 6) is 2.28. The summed E-state index contributed by atoms with van der Waals surface area (Å²) in [6.07, 6.45) is 5.84. The van der Waals surface area contributed by atoms with E-state index in [1.54, 1.807) is 18.9 Å². The average molecular weight is 421 g/mol. The standard InChI is InChI=1S/C23H24N4O2S/c1-3-4-15-30-23-25-22-21(26-27-23)18-7-5-6-8-19(18)24-20(29-22)14-11-16-9-12-17(28-2)13-10-16/h5-14,20,24H,3-4,15H2,1-2H3. The number of benzene rings is 2. The second-order valence-electron chi connectivity index (χ2n) is 6.81. The van der Waals surface area contributed by atoms with Gasteiger partial charge in [-0.2, -0.15) is 4.98 Å². The molecular weight excluding hydrogens is 396 g/mol. The summed E-state index contributed by atoms with van der Waals surface area (Å²) in [7, 11) is 1.66. The first-order valence-electron chi connectivity index (χ1n) is 9.99. The number of fused-ring (bicyclic) bond motifs is 3. The molecule has 0 aliphatic carbocycles. The fourth-order valence-corrected chi connectivity index (χ4v) is 3.90. The van der Waals surface area contributed by atoms with Crippen LogP contribution in [0.5, 0.6) is 11.6 Å². The molecule has 0 fully saturated rings. The number of hydrogen-bond acceptors (Lipinski definition) is 7. The Morgan fingerprint density at radius 1 is 1.13 bits per heavy atom. The molecule has 154 valence electrons. The third-order valence-electron chi connectivity index (χ3n) is 4.66. The summed E-state index contributed by atoms with van der Waals surface area (Å²) in [5.41, 5.74) is 3.56. The number of nitrogens with zero attached hydrogens (tertiary/aromatic N) is 3. The van der Waals surface area contributed by atoms with Gasteiger partial charge in [-0.05, 0) is 36.3 Å². The number of thioether (sulfide) groups is 1. The van der Waals surface area contributed by atoms with Crippen molar-refractivity contribution in [2.24, 2.45) is 0 Å². The van der Waals surface area contributed by atoms with Crippen molar-refractivity contribution in [3.8, 4) is 22.9 Å². The molecular formula is C23H24N4O2S. The number of rotatable bonds is 7. The molecule has 0 bridgehead atoms. The highest BCUT2D eigenvalue weighted by molar-refractivity contribution is 7.99. The van der Waals surface area contributed by atoms with Crippen LogP contribution in [0.2, 0.25) is 0 Å². The fourth-order valence-electron chi connectivity index (χ4n) is 3.04. The lowest BCUT2D eigenvalue weighted by Gasteiger charge is -2.15. The molecule has 0 amide bonds. The Balaban J connectivity index is 1.61. The minimum atomic E-state index is -0.389. The smallest absolute Gasteiger partial charge is 0.247 e. The Hall–Kier alpha value is -3.06. The lowest BCUT2D eigenvalue weighted by molar-refractivity contribution is 0.266. The van der Waals surface area contributed by atoms with Crippen molar-refractivity contribution in [1.29, 1.82) is 0 Å². The molecule has 7 heteroatoms. The van der Waals surface area contributed by atoms with Crippen molar-refractivity contribution in [2.45, 2.75) is 31.1 Å². The third kappa shape index (κ3) is 4.74. The highest BCUT2D eigenvalue weighted by Crippen LogP contribution is 2.36. The summed E-state index contributed by atoms with van der Waals surface area (Å²) in [4.78, 5) is 4.65. The maximum atomic E-state index is 6.20. The van der Waals surface area contributed by atoms with Crippen LogP contribution in [0.4, 0.5) is 5.69 Å². The van der Waals surface area contributed by atoms with Gasteiger partial charge in [-0.25, -0.2) is 0 Å². The molecule has 1 aliphatic heterocycles. The van der Waals surface area contributed by atoms with Crippen LogP contribution in [0.15, 0.2) is 59.8 Å². The predicted octanol–water partition coefficient (Wildman–Crippen LogP) is 5.28. The van der Waals surface area contributed by atoms with Crippen molar-refractivity contribution in [3.63, 3.8) is 0 Å². The Morgan fingerprint density at radius 2 is 1.97 bits per heavy atom. The van der Waals surface area contributed by atoms with Crippen LogP contribution in [0.1, 0.15) is 25.3 Å². The molecule has 2 heterocycles. The van der Waals surface area contributed by atoms with Gasteiger partial charge in [0.1, 0.15) is 5.75 Å². The third-order valence-corrected chi connectivity index (χ3v) is 5.59. The first-order valence-corrected chi connectivity index (χ1v) is 11.0. The molecule has 1 atom stereocenters. The van der Waals surface area contributed by atoms with Crippen LogP contribution in [-0.2, 0) is 0 Å². The maximum Gasteiger partial charge on any atom is 0.247 e. The van der Waals surface area contributed by atoms with Gasteiger partial charge in [0.05, 0.1) is 7.11 Å². The zero-order chi connectivity index (χ0) is 20.8.